The number of nitrogens with one attached hydrogen (secondary N) is 1. The van der Waals surface area contributed by atoms with E-state index in [0.29, 0.717) is 5.69 Å². The summed E-state index contributed by atoms with van der Waals surface area (Å²) in [5.41, 5.74) is 6.76. The average molecular weight is 406 g/mol. The summed E-state index contributed by atoms with van der Waals surface area (Å²) < 4.78 is 0. The Bertz CT molecular complexity index is 940. The van der Waals surface area contributed by atoms with E-state index in [1.54, 1.807) is 24.3 Å². The van der Waals surface area contributed by atoms with Crippen LogP contribution >= 0.6 is 0 Å². The number of aryl methyl sites for hydroxylation is 1. The molecule has 0 spiro atoms. The zero-order valence-electron chi connectivity index (χ0n) is 19.2. The van der Waals surface area contributed by atoms with Crippen LogP contribution in [0.1, 0.15) is 59.4 Å². The molecule has 1 amide bonds. The lowest BCUT2D eigenvalue weighted by Gasteiger charge is -2.32. The van der Waals surface area contributed by atoms with Crippen molar-refractivity contribution in [2.24, 2.45) is 5.41 Å². The van der Waals surface area contributed by atoms with Crippen molar-refractivity contribution >= 4 is 11.6 Å². The van der Waals surface area contributed by atoms with E-state index in [4.69, 9.17) is 0 Å². The van der Waals surface area contributed by atoms with Gasteiger partial charge < -0.3 is 10.4 Å². The zero-order chi connectivity index (χ0) is 22.3. The van der Waals surface area contributed by atoms with Gasteiger partial charge in [-0.1, -0.05) is 55.4 Å². The molecule has 0 atom stereocenters. The fourth-order valence-electron chi connectivity index (χ4n) is 3.84. The molecule has 0 heterocycles. The zero-order valence-corrected chi connectivity index (χ0v) is 19.2. The van der Waals surface area contributed by atoms with Crippen LogP contribution in [0.3, 0.4) is 0 Å². The average Bonchev–Trinajstić information content (AvgIpc) is 2.63. The Hall–Kier alpha value is -2.81. The number of hydrogen-bond donors (Lipinski definition) is 2. The minimum atomic E-state index is -0.187. The van der Waals surface area contributed by atoms with Gasteiger partial charge in [-0.05, 0) is 87.3 Å². The van der Waals surface area contributed by atoms with E-state index in [0.717, 1.165) is 11.1 Å². The molecule has 160 valence electrons. The van der Waals surface area contributed by atoms with Gasteiger partial charge in [-0.25, -0.2) is 0 Å². The number of carbonyl (C=O) groups is 1. The van der Waals surface area contributed by atoms with Gasteiger partial charge in [0, 0.05) is 11.8 Å². The summed E-state index contributed by atoms with van der Waals surface area (Å²) in [6.45, 7) is 12.7. The summed E-state index contributed by atoms with van der Waals surface area (Å²) in [6.07, 6.45) is 15.7. The second kappa shape index (κ2) is 10.3. The maximum atomic E-state index is 12.2. The van der Waals surface area contributed by atoms with Gasteiger partial charge in [-0.15, -0.1) is 0 Å². The van der Waals surface area contributed by atoms with Crippen molar-refractivity contribution in [2.75, 3.05) is 5.32 Å². The molecule has 2 N–H and O–H groups in total. The van der Waals surface area contributed by atoms with Crippen LogP contribution in [0.25, 0.3) is 0 Å². The highest BCUT2D eigenvalue weighted by Crippen LogP contribution is 2.40. The van der Waals surface area contributed by atoms with Crippen molar-refractivity contribution in [3.63, 3.8) is 0 Å². The first kappa shape index (κ1) is 23.5. The highest BCUT2D eigenvalue weighted by Gasteiger charge is 2.26. The predicted molar refractivity (Wildman–Crippen MR) is 128 cm³/mol. The quantitative estimate of drug-likeness (QED) is 0.299. The molecule has 1 aliphatic carbocycles. The van der Waals surface area contributed by atoms with Crippen LogP contribution in [0.4, 0.5) is 5.69 Å². The summed E-state index contributed by atoms with van der Waals surface area (Å²) in [7, 11) is 0. The number of rotatable bonds is 6. The Morgan fingerprint density at radius 2 is 1.87 bits per heavy atom. The molecular weight excluding hydrogens is 370 g/mol. The van der Waals surface area contributed by atoms with Crippen molar-refractivity contribution in [2.45, 2.75) is 60.8 Å². The van der Waals surface area contributed by atoms with Crippen molar-refractivity contribution < 1.29 is 9.90 Å². The third-order valence-corrected chi connectivity index (χ3v) is 5.60. The monoisotopic (exact) mass is 405 g/mol. The first-order chi connectivity index (χ1) is 14.1. The Kier molecular flexibility index (Phi) is 8.05. The van der Waals surface area contributed by atoms with Gasteiger partial charge in [-0.2, -0.15) is 0 Å². The number of phenolic OH excluding ortho intramolecular Hbond substituents is 1. The third kappa shape index (κ3) is 6.91. The lowest BCUT2D eigenvalue weighted by Crippen LogP contribution is -2.19. The number of hydrogen-bond acceptors (Lipinski definition) is 2. The van der Waals surface area contributed by atoms with Gasteiger partial charge in [0.15, 0.2) is 0 Å². The minimum absolute atomic E-state index is 0.187. The largest absolute Gasteiger partial charge is 0.508 e. The first-order valence-electron chi connectivity index (χ1n) is 10.6. The molecule has 2 rings (SSSR count). The van der Waals surface area contributed by atoms with Crippen LogP contribution in [0.2, 0.25) is 0 Å². The van der Waals surface area contributed by atoms with E-state index in [2.05, 4.69) is 51.2 Å². The van der Waals surface area contributed by atoms with Crippen molar-refractivity contribution in [1.29, 1.82) is 0 Å². The van der Waals surface area contributed by atoms with Gasteiger partial charge in [0.1, 0.15) is 5.75 Å². The number of benzene rings is 1. The van der Waals surface area contributed by atoms with E-state index in [-0.39, 0.29) is 17.1 Å². The van der Waals surface area contributed by atoms with E-state index < -0.39 is 0 Å². The normalized spacial score (nSPS) is 17.8. The van der Waals surface area contributed by atoms with Crippen LogP contribution in [0.15, 0.2) is 76.9 Å². The number of anilines is 1. The Labute approximate surface area is 181 Å². The summed E-state index contributed by atoms with van der Waals surface area (Å²) in [6, 6.07) is 4.89. The van der Waals surface area contributed by atoms with Gasteiger partial charge in [0.2, 0.25) is 5.91 Å². The van der Waals surface area contributed by atoms with Crippen LogP contribution in [0, 0.1) is 12.3 Å². The summed E-state index contributed by atoms with van der Waals surface area (Å²) in [5.74, 6) is 0.00309. The fraction of sp³-hybridized carbons (Fsp3) is 0.370. The molecule has 0 aliphatic heterocycles. The van der Waals surface area contributed by atoms with E-state index >= 15 is 0 Å². The molecule has 0 saturated carbocycles. The topological polar surface area (TPSA) is 49.3 Å². The van der Waals surface area contributed by atoms with Crippen molar-refractivity contribution in [3.05, 3.63) is 82.5 Å². The van der Waals surface area contributed by atoms with Crippen LogP contribution in [-0.2, 0) is 4.79 Å². The Balaban J connectivity index is 1.98. The molecule has 3 nitrogen and oxygen atoms in total. The standard InChI is InChI=1S/C27H35NO2/c1-19(12-14-24-21(3)11-8-16-27(24,5)6)9-7-10-20(2)17-26(30)28-25-15-13-23(29)18-22(25)4/h7,9-10,12-15,17-18,29H,8,11,16H2,1-6H3,(H,28,30)/b10-7+,14-12+,19-9+,20-17+. The van der Waals surface area contributed by atoms with Gasteiger partial charge >= 0.3 is 0 Å². The molecule has 30 heavy (non-hydrogen) atoms. The van der Waals surface area contributed by atoms with Crippen molar-refractivity contribution in [3.8, 4) is 5.75 Å². The third-order valence-electron chi connectivity index (χ3n) is 5.60. The molecule has 1 aromatic rings. The fourth-order valence-corrected chi connectivity index (χ4v) is 3.84. The predicted octanol–water partition coefficient (Wildman–Crippen LogP) is 7.17. The van der Waals surface area contributed by atoms with Gasteiger partial charge in [0.05, 0.1) is 0 Å². The number of phenols is 1. The summed E-state index contributed by atoms with van der Waals surface area (Å²) >= 11 is 0. The number of allylic oxidation sites excluding steroid dienone is 9. The molecule has 0 radical (unpaired) electrons. The molecule has 0 unspecified atom stereocenters. The molecule has 0 bridgehead atoms. The Morgan fingerprint density at radius 3 is 2.53 bits per heavy atom. The van der Waals surface area contributed by atoms with E-state index in [9.17, 15) is 9.90 Å². The summed E-state index contributed by atoms with van der Waals surface area (Å²) in [5, 5.41) is 12.3. The first-order valence-corrected chi connectivity index (χ1v) is 10.6. The van der Waals surface area contributed by atoms with Crippen molar-refractivity contribution in [1.82, 2.24) is 0 Å². The number of carbonyl (C=O) groups excluding carboxylic acids is 1. The molecular formula is C27H35NO2. The molecule has 3 heteroatoms. The molecule has 0 aromatic heterocycles. The molecule has 1 aliphatic rings. The highest BCUT2D eigenvalue weighted by atomic mass is 16.3. The van der Waals surface area contributed by atoms with E-state index in [1.807, 2.05) is 26.0 Å². The SMILES string of the molecule is CC1=C(/C=C/C(C)=C/C=C/C(C)=C/C(=O)Nc2ccc(O)cc2C)C(C)(C)CCC1. The Morgan fingerprint density at radius 1 is 1.13 bits per heavy atom. The minimum Gasteiger partial charge on any atom is -0.508 e. The lowest BCUT2D eigenvalue weighted by molar-refractivity contribution is -0.111. The lowest BCUT2D eigenvalue weighted by atomic mass is 9.72. The van der Waals surface area contributed by atoms with Crippen LogP contribution < -0.4 is 5.32 Å². The highest BCUT2D eigenvalue weighted by molar-refractivity contribution is 6.00. The molecule has 1 aromatic carbocycles. The molecule has 0 saturated heterocycles. The van der Waals surface area contributed by atoms with Gasteiger partial charge in [-0.3, -0.25) is 4.79 Å². The van der Waals surface area contributed by atoms with Gasteiger partial charge in [0.25, 0.3) is 0 Å². The second-order valence-electron chi connectivity index (χ2n) is 8.91. The van der Waals surface area contributed by atoms with Crippen LogP contribution in [0.5, 0.6) is 5.75 Å². The smallest absolute Gasteiger partial charge is 0.248 e. The number of amides is 1. The summed E-state index contributed by atoms with van der Waals surface area (Å²) in [4.78, 5) is 12.2. The number of aromatic hydroxyl groups is 1. The maximum Gasteiger partial charge on any atom is 0.248 e. The van der Waals surface area contributed by atoms with Crippen LogP contribution in [-0.4, -0.2) is 11.0 Å². The molecule has 0 fully saturated rings. The maximum absolute atomic E-state index is 12.2. The second-order valence-corrected chi connectivity index (χ2v) is 8.91. The van der Waals surface area contributed by atoms with E-state index in [1.165, 1.54) is 36.0 Å².